The molecule has 4 nitrogen and oxygen atoms in total. The Morgan fingerprint density at radius 2 is 1.11 bits per heavy atom. The molecule has 18 heavy (non-hydrogen) atoms. The predicted octanol–water partition coefficient (Wildman–Crippen LogP) is 2.42. The molecule has 1 fully saturated rings. The largest absolute Gasteiger partial charge is 0.545 e. The fourth-order valence-electron chi connectivity index (χ4n) is 1.33. The van der Waals surface area contributed by atoms with E-state index in [0.29, 0.717) is 11.7 Å². The van der Waals surface area contributed by atoms with E-state index in [1.807, 2.05) is 13.8 Å². The monoisotopic (exact) mass is 299 g/mol. The molecule has 0 unspecified atom stereocenters. The van der Waals surface area contributed by atoms with E-state index in [0.717, 1.165) is 12.8 Å². The summed E-state index contributed by atoms with van der Waals surface area (Å²) in [6.07, 6.45) is 4.83. The van der Waals surface area contributed by atoms with Crippen LogP contribution in [0.1, 0.15) is 46.5 Å². The fourth-order valence-corrected chi connectivity index (χ4v) is 1.33. The van der Waals surface area contributed by atoms with Crippen molar-refractivity contribution in [1.29, 1.82) is 0 Å². The van der Waals surface area contributed by atoms with Crippen LogP contribution in [0.5, 0.6) is 0 Å². The molecule has 0 aliphatic heterocycles. The zero-order valence-corrected chi connectivity index (χ0v) is 12.8. The van der Waals surface area contributed by atoms with Crippen LogP contribution in [-0.4, -0.2) is 26.2 Å². The van der Waals surface area contributed by atoms with Gasteiger partial charge < -0.3 is 21.8 Å². The molecule has 5 heteroatoms. The Hall–Kier alpha value is -0.801. The van der Waals surface area contributed by atoms with E-state index in [1.54, 1.807) is 6.92 Å². The van der Waals surface area contributed by atoms with Crippen LogP contribution in [0.15, 0.2) is 0 Å². The Balaban J connectivity index is -0.0000000315. The van der Waals surface area contributed by atoms with E-state index in [2.05, 4.69) is 20.4 Å². The molecular formula is C13H24MnO4-4. The molecule has 0 N–H and O–H groups in total. The van der Waals surface area contributed by atoms with Crippen molar-refractivity contribution in [1.82, 2.24) is 0 Å². The minimum Gasteiger partial charge on any atom is -0.545 e. The fraction of sp³-hybridized carbons (Fsp3) is 0.615. The van der Waals surface area contributed by atoms with E-state index in [9.17, 15) is 4.79 Å². The molecule has 111 valence electrons. The minimum atomic E-state index is 0. The molecular weight excluding hydrogens is 275 g/mol. The van der Waals surface area contributed by atoms with Crippen molar-refractivity contribution >= 4 is 26.2 Å². The molecule has 0 aromatic carbocycles. The second kappa shape index (κ2) is 44.2. The van der Waals surface area contributed by atoms with Gasteiger partial charge in [0.1, 0.15) is 5.78 Å². The Labute approximate surface area is 122 Å². The van der Waals surface area contributed by atoms with Crippen LogP contribution in [0.4, 0.5) is 0 Å². The number of hydrogen-bond acceptors (Lipinski definition) is 4. The molecule has 0 heterocycles. The summed E-state index contributed by atoms with van der Waals surface area (Å²) in [6.45, 7) is 15.5. The summed E-state index contributed by atoms with van der Waals surface area (Å²) in [4.78, 5) is 33.9. The van der Waals surface area contributed by atoms with Gasteiger partial charge >= 0.3 is 0 Å². The topological polar surface area (TPSA) is 68.3 Å². The van der Waals surface area contributed by atoms with Gasteiger partial charge in [0, 0.05) is 23.0 Å². The molecule has 0 saturated heterocycles. The first-order valence-electron chi connectivity index (χ1n) is 5.02. The molecule has 0 aromatic rings. The van der Waals surface area contributed by atoms with Gasteiger partial charge in [-0.15, -0.1) is 0 Å². The summed E-state index contributed by atoms with van der Waals surface area (Å²) in [7, 11) is 0. The third kappa shape index (κ3) is 29.5. The zero-order valence-electron chi connectivity index (χ0n) is 11.6. The smallest absolute Gasteiger partial charge is 0.132 e. The normalized spacial score (nSPS) is 10.6. The molecule has 1 aliphatic rings. The standard InChI is InChI=1S/C7H12O.C2H6.3CHO.CH3.Mn/c1-6(8)7-4-2-3-5-7;4*1-2;;/h7H,2-5H2,1H3;1-2H3;3*1H;1H3;/q;;4*-1;. The van der Waals surface area contributed by atoms with E-state index < -0.39 is 0 Å². The quantitative estimate of drug-likeness (QED) is 0.423. The Morgan fingerprint density at radius 3 is 1.22 bits per heavy atom. The maximum atomic E-state index is 10.6. The summed E-state index contributed by atoms with van der Waals surface area (Å²) in [5.74, 6) is 0.817. The van der Waals surface area contributed by atoms with Crippen molar-refractivity contribution in [3.8, 4) is 0 Å². The first-order valence-corrected chi connectivity index (χ1v) is 5.02. The van der Waals surface area contributed by atoms with Crippen LogP contribution in [0.3, 0.4) is 0 Å². The maximum Gasteiger partial charge on any atom is 0.132 e. The summed E-state index contributed by atoms with van der Waals surface area (Å²) in [6, 6.07) is 0. The first-order chi connectivity index (χ1) is 7.80. The van der Waals surface area contributed by atoms with E-state index in [1.165, 1.54) is 12.8 Å². The van der Waals surface area contributed by atoms with Gasteiger partial charge in [0.05, 0.1) is 0 Å². The van der Waals surface area contributed by atoms with Crippen LogP contribution < -0.4 is 0 Å². The van der Waals surface area contributed by atoms with Crippen molar-refractivity contribution in [2.75, 3.05) is 0 Å². The third-order valence-corrected chi connectivity index (χ3v) is 1.93. The molecule has 1 radical (unpaired) electrons. The van der Waals surface area contributed by atoms with Crippen LogP contribution in [0.2, 0.25) is 0 Å². The van der Waals surface area contributed by atoms with Gasteiger partial charge in [-0.3, -0.25) is 25.2 Å². The number of carbonyl (C=O) groups excluding carboxylic acids is 4. The molecule has 0 amide bonds. The number of Topliss-reactive ketones (excluding diaryl/α,β-unsaturated/α-hetero) is 1. The van der Waals surface area contributed by atoms with Crippen LogP contribution >= 0.6 is 0 Å². The van der Waals surface area contributed by atoms with Gasteiger partial charge in [-0.1, -0.05) is 26.7 Å². The molecule has 1 rings (SSSR count). The van der Waals surface area contributed by atoms with Crippen LogP contribution in [0, 0.1) is 13.3 Å². The molecule has 0 atom stereocenters. The van der Waals surface area contributed by atoms with E-state index >= 15 is 0 Å². The SMILES string of the molecule is CC.CC(=O)C1CCCC1.[CH-]=O.[CH-]=O.[CH-]=O.[CH3-].[Mn]. The maximum absolute atomic E-state index is 10.6. The van der Waals surface area contributed by atoms with Crippen molar-refractivity contribution in [2.24, 2.45) is 5.92 Å². The van der Waals surface area contributed by atoms with Gasteiger partial charge in [-0.25, -0.2) is 0 Å². The van der Waals surface area contributed by atoms with Crippen molar-refractivity contribution < 1.29 is 36.2 Å². The predicted molar refractivity (Wildman–Crippen MR) is 70.7 cm³/mol. The number of hydrogen-bond donors (Lipinski definition) is 0. The summed E-state index contributed by atoms with van der Waals surface area (Å²) < 4.78 is 0. The van der Waals surface area contributed by atoms with Gasteiger partial charge in [-0.2, -0.15) is 0 Å². The van der Waals surface area contributed by atoms with E-state index in [-0.39, 0.29) is 24.5 Å². The van der Waals surface area contributed by atoms with Crippen molar-refractivity contribution in [2.45, 2.75) is 46.5 Å². The Morgan fingerprint density at radius 1 is 0.889 bits per heavy atom. The summed E-state index contributed by atoms with van der Waals surface area (Å²) in [5.41, 5.74) is 0. The Bertz CT molecular complexity index is 132. The number of rotatable bonds is 1. The summed E-state index contributed by atoms with van der Waals surface area (Å²) in [5, 5.41) is 0. The average molecular weight is 299 g/mol. The van der Waals surface area contributed by atoms with Crippen molar-refractivity contribution in [3.63, 3.8) is 0 Å². The van der Waals surface area contributed by atoms with Crippen LogP contribution in [-0.2, 0) is 36.2 Å². The van der Waals surface area contributed by atoms with Gasteiger partial charge in [0.15, 0.2) is 0 Å². The van der Waals surface area contributed by atoms with Gasteiger partial charge in [-0.05, 0) is 19.8 Å². The molecule has 0 bridgehead atoms. The van der Waals surface area contributed by atoms with E-state index in [4.69, 9.17) is 14.4 Å². The molecule has 0 spiro atoms. The van der Waals surface area contributed by atoms with Gasteiger partial charge in [0.25, 0.3) is 0 Å². The third-order valence-electron chi connectivity index (χ3n) is 1.93. The second-order valence-corrected chi connectivity index (χ2v) is 2.59. The minimum absolute atomic E-state index is 0. The average Bonchev–Trinajstić information content (AvgIpc) is 2.93. The van der Waals surface area contributed by atoms with Crippen LogP contribution in [0.25, 0.3) is 0 Å². The van der Waals surface area contributed by atoms with Crippen molar-refractivity contribution in [3.05, 3.63) is 7.43 Å². The number of carbonyl (C=O) groups is 1. The molecule has 0 aromatic heterocycles. The zero-order chi connectivity index (χ0) is 14.0. The first kappa shape index (κ1) is 36.0. The molecule has 1 saturated carbocycles. The second-order valence-electron chi connectivity index (χ2n) is 2.59. The number of ketones is 1. The van der Waals surface area contributed by atoms with Gasteiger partial charge in [0.2, 0.25) is 0 Å². The molecule has 1 aliphatic carbocycles. The summed E-state index contributed by atoms with van der Waals surface area (Å²) >= 11 is 0. The Kier molecular flexibility index (Phi) is 88.4.